The first-order chi connectivity index (χ1) is 22.6. The molecule has 0 radical (unpaired) electrons. The number of aromatic nitrogens is 5. The smallest absolute Gasteiger partial charge is 0.332 e. The van der Waals surface area contributed by atoms with Crippen LogP contribution >= 0.6 is 11.6 Å². The third kappa shape index (κ3) is 6.09. The summed E-state index contributed by atoms with van der Waals surface area (Å²) in [5.74, 6) is 1.31. The SMILES string of the molecule is COc1nc(-c2cccc(-c3cccc(Nc4nc(C)nc5c4c(=O)n(C)c(=O)n5C)c3C)c2Cl)ccc1CNC[C@H]1CCC(=O)N1. The van der Waals surface area contributed by atoms with Gasteiger partial charge in [-0.25, -0.2) is 19.7 Å². The number of hydrogen-bond donors (Lipinski definition) is 3. The highest BCUT2D eigenvalue weighted by Crippen LogP contribution is 2.39. The Bertz CT molecular complexity index is 2160. The van der Waals surface area contributed by atoms with E-state index in [-0.39, 0.29) is 23.0 Å². The van der Waals surface area contributed by atoms with Gasteiger partial charge in [-0.2, -0.15) is 0 Å². The van der Waals surface area contributed by atoms with Crippen molar-refractivity contribution in [2.75, 3.05) is 19.0 Å². The Labute approximate surface area is 275 Å². The highest BCUT2D eigenvalue weighted by atomic mass is 35.5. The van der Waals surface area contributed by atoms with E-state index in [9.17, 15) is 14.4 Å². The molecule has 6 rings (SSSR count). The maximum Gasteiger partial charge on any atom is 0.332 e. The van der Waals surface area contributed by atoms with Crippen LogP contribution in [0.2, 0.25) is 5.02 Å². The lowest BCUT2D eigenvalue weighted by Gasteiger charge is -2.17. The Hall–Kier alpha value is -5.07. The van der Waals surface area contributed by atoms with Gasteiger partial charge in [-0.1, -0.05) is 48.0 Å². The van der Waals surface area contributed by atoms with Crippen LogP contribution < -0.4 is 31.9 Å². The van der Waals surface area contributed by atoms with Gasteiger partial charge in [-0.05, 0) is 43.5 Å². The molecule has 2 aromatic carbocycles. The molecule has 1 atom stereocenters. The zero-order valence-electron chi connectivity index (χ0n) is 26.8. The summed E-state index contributed by atoms with van der Waals surface area (Å²) in [5, 5.41) is 10.4. The maximum absolute atomic E-state index is 13.2. The molecule has 1 fully saturated rings. The summed E-state index contributed by atoms with van der Waals surface area (Å²) in [6, 6.07) is 15.6. The van der Waals surface area contributed by atoms with Crippen molar-refractivity contribution in [3.63, 3.8) is 0 Å². The maximum atomic E-state index is 13.2. The van der Waals surface area contributed by atoms with Crippen molar-refractivity contribution >= 4 is 40.0 Å². The minimum Gasteiger partial charge on any atom is -0.481 e. The predicted molar refractivity (Wildman–Crippen MR) is 182 cm³/mol. The molecule has 47 heavy (non-hydrogen) atoms. The van der Waals surface area contributed by atoms with E-state index in [4.69, 9.17) is 21.3 Å². The van der Waals surface area contributed by atoms with Gasteiger partial charge in [-0.15, -0.1) is 0 Å². The summed E-state index contributed by atoms with van der Waals surface area (Å²) < 4.78 is 8.02. The van der Waals surface area contributed by atoms with Gasteiger partial charge in [0.05, 0.1) is 17.8 Å². The number of aryl methyl sites for hydroxylation is 2. The molecule has 0 aliphatic carbocycles. The largest absolute Gasteiger partial charge is 0.481 e. The third-order valence-corrected chi connectivity index (χ3v) is 8.89. The van der Waals surface area contributed by atoms with Crippen LogP contribution in [0.4, 0.5) is 11.5 Å². The van der Waals surface area contributed by atoms with E-state index in [2.05, 4.69) is 25.9 Å². The first-order valence-electron chi connectivity index (χ1n) is 15.2. The van der Waals surface area contributed by atoms with Crippen molar-refractivity contribution in [3.05, 3.63) is 91.3 Å². The van der Waals surface area contributed by atoms with Crippen LogP contribution in [0.1, 0.15) is 29.8 Å². The molecule has 1 amide bonds. The Kier molecular flexibility index (Phi) is 8.80. The number of carbonyl (C=O) groups is 1. The number of rotatable bonds is 9. The van der Waals surface area contributed by atoms with Crippen LogP contribution in [0.25, 0.3) is 33.4 Å². The molecule has 12 nitrogen and oxygen atoms in total. The number of pyridine rings is 1. The van der Waals surface area contributed by atoms with E-state index in [0.29, 0.717) is 53.4 Å². The molecule has 5 aromatic rings. The van der Waals surface area contributed by atoms with E-state index in [1.165, 1.54) is 11.6 Å². The average molecular weight is 655 g/mol. The molecule has 1 aliphatic heterocycles. The highest BCUT2D eigenvalue weighted by Gasteiger charge is 2.21. The number of methoxy groups -OCH3 is 1. The monoisotopic (exact) mass is 654 g/mol. The number of halogens is 1. The van der Waals surface area contributed by atoms with Crippen LogP contribution in [0.15, 0.2) is 58.1 Å². The van der Waals surface area contributed by atoms with Crippen LogP contribution in [0, 0.1) is 13.8 Å². The number of ether oxygens (including phenoxy) is 1. The van der Waals surface area contributed by atoms with Crippen molar-refractivity contribution in [2.45, 2.75) is 39.3 Å². The number of carbonyl (C=O) groups excluding carboxylic acids is 1. The summed E-state index contributed by atoms with van der Waals surface area (Å²) in [7, 11) is 4.60. The molecular formula is C34H35ClN8O4. The Balaban J connectivity index is 1.31. The second-order valence-electron chi connectivity index (χ2n) is 11.6. The first-order valence-corrected chi connectivity index (χ1v) is 15.6. The van der Waals surface area contributed by atoms with E-state index < -0.39 is 11.2 Å². The van der Waals surface area contributed by atoms with Crippen molar-refractivity contribution in [1.29, 1.82) is 0 Å². The Morgan fingerprint density at radius 2 is 1.70 bits per heavy atom. The van der Waals surface area contributed by atoms with Crippen molar-refractivity contribution in [2.24, 2.45) is 14.1 Å². The van der Waals surface area contributed by atoms with Gasteiger partial charge in [0.25, 0.3) is 5.56 Å². The summed E-state index contributed by atoms with van der Waals surface area (Å²) in [4.78, 5) is 50.9. The first kappa shape index (κ1) is 31.9. The Morgan fingerprint density at radius 1 is 0.957 bits per heavy atom. The molecule has 3 aromatic heterocycles. The van der Waals surface area contributed by atoms with Crippen molar-refractivity contribution < 1.29 is 9.53 Å². The zero-order valence-corrected chi connectivity index (χ0v) is 27.5. The molecule has 0 unspecified atom stereocenters. The molecule has 0 saturated carbocycles. The summed E-state index contributed by atoms with van der Waals surface area (Å²) >= 11 is 7.09. The number of nitrogens with zero attached hydrogens (tertiary/aromatic N) is 5. The normalized spacial score (nSPS) is 14.4. The molecule has 1 aliphatic rings. The van der Waals surface area contributed by atoms with Crippen molar-refractivity contribution in [1.82, 2.24) is 34.7 Å². The summed E-state index contributed by atoms with van der Waals surface area (Å²) in [5.41, 5.74) is 4.88. The number of amides is 1. The Morgan fingerprint density at radius 3 is 2.45 bits per heavy atom. The van der Waals surface area contributed by atoms with Crippen molar-refractivity contribution in [3.8, 4) is 28.3 Å². The van der Waals surface area contributed by atoms with Crippen LogP contribution in [0.3, 0.4) is 0 Å². The van der Waals surface area contributed by atoms with Crippen LogP contribution in [-0.4, -0.2) is 49.7 Å². The van der Waals surface area contributed by atoms with Gasteiger partial charge in [0.1, 0.15) is 17.0 Å². The molecular weight excluding hydrogens is 620 g/mol. The standard InChI is InChI=1S/C34H35ClN8O4/c1-18-22(8-7-11-25(18)40-30-28-31(38-19(2)37-30)42(3)34(46)43(4)33(28)45)23-9-6-10-24(29(23)35)26-14-12-20(32(41-26)47-5)16-36-17-21-13-15-27(44)39-21/h6-12,14,21,36H,13,15-17H2,1-5H3,(H,39,44)(H,37,38,40)/t21-/m1/s1. The summed E-state index contributed by atoms with van der Waals surface area (Å²) in [6.45, 7) is 4.88. The lowest BCUT2D eigenvalue weighted by molar-refractivity contribution is -0.119. The second-order valence-corrected chi connectivity index (χ2v) is 12.0. The number of anilines is 2. The minimum atomic E-state index is -0.484. The van der Waals surface area contributed by atoms with Gasteiger partial charge in [-0.3, -0.25) is 18.7 Å². The van der Waals surface area contributed by atoms with E-state index in [0.717, 1.165) is 38.8 Å². The fraction of sp³-hybridized carbons (Fsp3) is 0.294. The molecule has 1 saturated heterocycles. The van der Waals surface area contributed by atoms with Gasteiger partial charge in [0, 0.05) is 62.0 Å². The molecule has 4 heterocycles. The zero-order chi connectivity index (χ0) is 33.4. The van der Waals surface area contributed by atoms with Gasteiger partial charge in [0.2, 0.25) is 11.8 Å². The van der Waals surface area contributed by atoms with E-state index >= 15 is 0 Å². The van der Waals surface area contributed by atoms with Crippen LogP contribution in [-0.2, 0) is 25.4 Å². The molecule has 0 bridgehead atoms. The number of benzene rings is 2. The average Bonchev–Trinajstić information content (AvgIpc) is 3.48. The molecule has 3 N–H and O–H groups in total. The quantitative estimate of drug-likeness (QED) is 0.213. The predicted octanol–water partition coefficient (Wildman–Crippen LogP) is 4.15. The molecule has 0 spiro atoms. The van der Waals surface area contributed by atoms with Gasteiger partial charge < -0.3 is 20.7 Å². The topological polar surface area (TPSA) is 145 Å². The van der Waals surface area contributed by atoms with Gasteiger partial charge in [0.15, 0.2) is 5.65 Å². The fourth-order valence-electron chi connectivity index (χ4n) is 5.93. The number of fused-ring (bicyclic) bond motifs is 1. The van der Waals surface area contributed by atoms with Gasteiger partial charge >= 0.3 is 5.69 Å². The molecule has 13 heteroatoms. The third-order valence-electron chi connectivity index (χ3n) is 8.49. The molecule has 242 valence electrons. The number of hydrogen-bond acceptors (Lipinski definition) is 9. The lowest BCUT2D eigenvalue weighted by Crippen LogP contribution is -2.37. The summed E-state index contributed by atoms with van der Waals surface area (Å²) in [6.07, 6.45) is 1.39. The highest BCUT2D eigenvalue weighted by molar-refractivity contribution is 6.36. The fourth-order valence-corrected chi connectivity index (χ4v) is 6.25. The lowest BCUT2D eigenvalue weighted by atomic mass is 9.96. The van der Waals surface area contributed by atoms with E-state index in [1.807, 2.05) is 55.5 Å². The van der Waals surface area contributed by atoms with Crippen LogP contribution in [0.5, 0.6) is 5.88 Å². The number of nitrogens with one attached hydrogen (secondary N) is 3. The minimum absolute atomic E-state index is 0.0911. The second kappa shape index (κ2) is 13.0. The van der Waals surface area contributed by atoms with E-state index in [1.54, 1.807) is 21.1 Å².